The standard InChI is InChI=1S/C15H23N5O/c1-9-13(16-2)18-14(10-4-5-10)19-15(9)20(3)8-12(21)17-11-6-7-11/h10-11H,4-8H2,1-3H3,(H,17,21)(H,16,18,19). The van der Waals surface area contributed by atoms with Crippen molar-refractivity contribution in [3.8, 4) is 0 Å². The van der Waals surface area contributed by atoms with E-state index in [9.17, 15) is 4.79 Å². The number of amides is 1. The van der Waals surface area contributed by atoms with E-state index in [2.05, 4.69) is 20.6 Å². The van der Waals surface area contributed by atoms with Gasteiger partial charge in [-0.05, 0) is 32.6 Å². The van der Waals surface area contributed by atoms with Gasteiger partial charge in [0.25, 0.3) is 0 Å². The highest BCUT2D eigenvalue weighted by molar-refractivity contribution is 5.82. The summed E-state index contributed by atoms with van der Waals surface area (Å²) in [4.78, 5) is 23.1. The van der Waals surface area contributed by atoms with Crippen molar-refractivity contribution in [3.05, 3.63) is 11.4 Å². The van der Waals surface area contributed by atoms with Gasteiger partial charge in [-0.2, -0.15) is 0 Å². The summed E-state index contributed by atoms with van der Waals surface area (Å²) in [6.07, 6.45) is 4.55. The third-order valence-corrected chi connectivity index (χ3v) is 4.00. The molecule has 1 aromatic rings. The number of anilines is 2. The lowest BCUT2D eigenvalue weighted by atomic mass is 10.2. The molecule has 2 N–H and O–H groups in total. The van der Waals surface area contributed by atoms with Crippen molar-refractivity contribution in [1.29, 1.82) is 0 Å². The minimum atomic E-state index is 0.0667. The molecule has 1 amide bonds. The SMILES string of the molecule is CNc1nc(C2CC2)nc(N(C)CC(=O)NC2CC2)c1C. The van der Waals surface area contributed by atoms with Crippen LogP contribution >= 0.6 is 0 Å². The number of nitrogens with zero attached hydrogens (tertiary/aromatic N) is 3. The van der Waals surface area contributed by atoms with E-state index in [4.69, 9.17) is 0 Å². The minimum absolute atomic E-state index is 0.0667. The third kappa shape index (κ3) is 3.25. The average molecular weight is 289 g/mol. The summed E-state index contributed by atoms with van der Waals surface area (Å²) in [6, 6.07) is 0.396. The van der Waals surface area contributed by atoms with E-state index < -0.39 is 0 Å². The van der Waals surface area contributed by atoms with Crippen LogP contribution in [0.1, 0.15) is 43.0 Å². The molecule has 0 bridgehead atoms. The molecule has 6 heteroatoms. The van der Waals surface area contributed by atoms with Crippen molar-refractivity contribution in [2.24, 2.45) is 0 Å². The van der Waals surface area contributed by atoms with Gasteiger partial charge in [-0.15, -0.1) is 0 Å². The van der Waals surface area contributed by atoms with Crippen LogP contribution in [0.15, 0.2) is 0 Å². The van der Waals surface area contributed by atoms with Gasteiger partial charge < -0.3 is 15.5 Å². The Morgan fingerprint density at radius 1 is 1.29 bits per heavy atom. The van der Waals surface area contributed by atoms with Gasteiger partial charge in [0.1, 0.15) is 17.5 Å². The van der Waals surface area contributed by atoms with Crippen LogP contribution in [-0.4, -0.2) is 42.6 Å². The summed E-state index contributed by atoms with van der Waals surface area (Å²) in [7, 11) is 3.79. The first-order valence-electron chi connectivity index (χ1n) is 7.65. The number of rotatable bonds is 6. The Kier molecular flexibility index (Phi) is 3.69. The molecule has 0 saturated heterocycles. The van der Waals surface area contributed by atoms with Crippen LogP contribution in [0, 0.1) is 6.92 Å². The average Bonchev–Trinajstić information content (AvgIpc) is 3.32. The molecule has 114 valence electrons. The molecule has 0 aliphatic heterocycles. The number of nitrogens with one attached hydrogen (secondary N) is 2. The molecule has 0 atom stereocenters. The lowest BCUT2D eigenvalue weighted by Crippen LogP contribution is -2.37. The molecule has 0 unspecified atom stereocenters. The molecule has 6 nitrogen and oxygen atoms in total. The Labute approximate surface area is 125 Å². The zero-order valence-electron chi connectivity index (χ0n) is 12.9. The monoisotopic (exact) mass is 289 g/mol. The van der Waals surface area contributed by atoms with Crippen molar-refractivity contribution >= 4 is 17.5 Å². The van der Waals surface area contributed by atoms with Gasteiger partial charge in [0, 0.05) is 31.6 Å². The summed E-state index contributed by atoms with van der Waals surface area (Å²) in [6.45, 7) is 2.33. The summed E-state index contributed by atoms with van der Waals surface area (Å²) in [5.74, 6) is 3.16. The highest BCUT2D eigenvalue weighted by Gasteiger charge is 2.29. The Balaban J connectivity index is 1.78. The first-order valence-corrected chi connectivity index (χ1v) is 7.65. The second-order valence-electron chi connectivity index (χ2n) is 6.10. The van der Waals surface area contributed by atoms with Gasteiger partial charge in [0.05, 0.1) is 6.54 Å². The van der Waals surface area contributed by atoms with Crippen molar-refractivity contribution in [3.63, 3.8) is 0 Å². The molecule has 1 heterocycles. The van der Waals surface area contributed by atoms with Crippen LogP contribution in [-0.2, 0) is 4.79 Å². The van der Waals surface area contributed by atoms with Gasteiger partial charge in [0.2, 0.25) is 5.91 Å². The first kappa shape index (κ1) is 14.1. The topological polar surface area (TPSA) is 70.2 Å². The van der Waals surface area contributed by atoms with Crippen LogP contribution in [0.3, 0.4) is 0 Å². The highest BCUT2D eigenvalue weighted by Crippen LogP contribution is 2.39. The number of hydrogen-bond donors (Lipinski definition) is 2. The smallest absolute Gasteiger partial charge is 0.239 e. The zero-order valence-corrected chi connectivity index (χ0v) is 12.9. The third-order valence-electron chi connectivity index (χ3n) is 4.00. The van der Waals surface area contributed by atoms with Crippen molar-refractivity contribution in [2.75, 3.05) is 30.9 Å². The molecule has 21 heavy (non-hydrogen) atoms. The van der Waals surface area contributed by atoms with Gasteiger partial charge in [0.15, 0.2) is 0 Å². The summed E-state index contributed by atoms with van der Waals surface area (Å²) >= 11 is 0. The lowest BCUT2D eigenvalue weighted by molar-refractivity contribution is -0.119. The number of carbonyl (C=O) groups is 1. The molecular formula is C15H23N5O. The maximum Gasteiger partial charge on any atom is 0.239 e. The zero-order chi connectivity index (χ0) is 15.0. The summed E-state index contributed by atoms with van der Waals surface area (Å²) < 4.78 is 0. The molecule has 2 fully saturated rings. The molecular weight excluding hydrogens is 266 g/mol. The molecule has 0 radical (unpaired) electrons. The van der Waals surface area contributed by atoms with Gasteiger partial charge in [-0.1, -0.05) is 0 Å². The predicted molar refractivity (Wildman–Crippen MR) is 82.7 cm³/mol. The van der Waals surface area contributed by atoms with E-state index >= 15 is 0 Å². The number of hydrogen-bond acceptors (Lipinski definition) is 5. The maximum absolute atomic E-state index is 12.0. The van der Waals surface area contributed by atoms with Crippen LogP contribution in [0.25, 0.3) is 0 Å². The normalized spacial score (nSPS) is 17.5. The Hall–Kier alpha value is -1.85. The second-order valence-corrected chi connectivity index (χ2v) is 6.10. The van der Waals surface area contributed by atoms with Crippen LogP contribution in [0.4, 0.5) is 11.6 Å². The molecule has 2 saturated carbocycles. The molecule has 3 rings (SSSR count). The van der Waals surface area contributed by atoms with Crippen molar-refractivity contribution < 1.29 is 4.79 Å². The first-order chi connectivity index (χ1) is 10.1. The maximum atomic E-state index is 12.0. The van der Waals surface area contributed by atoms with E-state index in [1.165, 1.54) is 0 Å². The van der Waals surface area contributed by atoms with Crippen LogP contribution < -0.4 is 15.5 Å². The fourth-order valence-corrected chi connectivity index (χ4v) is 2.45. The molecule has 0 spiro atoms. The van der Waals surface area contributed by atoms with E-state index in [1.54, 1.807) is 0 Å². The van der Waals surface area contributed by atoms with Gasteiger partial charge >= 0.3 is 0 Å². The Morgan fingerprint density at radius 2 is 2.00 bits per heavy atom. The number of carbonyl (C=O) groups excluding carboxylic acids is 1. The molecule has 0 aromatic carbocycles. The van der Waals surface area contributed by atoms with E-state index in [0.29, 0.717) is 18.5 Å². The summed E-state index contributed by atoms with van der Waals surface area (Å²) in [5.41, 5.74) is 0.989. The second kappa shape index (κ2) is 5.50. The van der Waals surface area contributed by atoms with Crippen molar-refractivity contribution in [2.45, 2.75) is 44.6 Å². The van der Waals surface area contributed by atoms with Crippen LogP contribution in [0.5, 0.6) is 0 Å². The van der Waals surface area contributed by atoms with E-state index in [0.717, 1.165) is 48.7 Å². The summed E-state index contributed by atoms with van der Waals surface area (Å²) in [5, 5.41) is 6.14. The fraction of sp³-hybridized carbons (Fsp3) is 0.667. The van der Waals surface area contributed by atoms with E-state index in [1.807, 2.05) is 25.9 Å². The number of likely N-dealkylation sites (N-methyl/N-ethyl adjacent to an activating group) is 1. The minimum Gasteiger partial charge on any atom is -0.373 e. The largest absolute Gasteiger partial charge is 0.373 e. The van der Waals surface area contributed by atoms with E-state index in [-0.39, 0.29) is 5.91 Å². The quantitative estimate of drug-likeness (QED) is 0.829. The molecule has 1 aromatic heterocycles. The highest BCUT2D eigenvalue weighted by atomic mass is 16.2. The van der Waals surface area contributed by atoms with Gasteiger partial charge in [-0.3, -0.25) is 4.79 Å². The fourth-order valence-electron chi connectivity index (χ4n) is 2.45. The molecule has 2 aliphatic rings. The Morgan fingerprint density at radius 3 is 2.57 bits per heavy atom. The van der Waals surface area contributed by atoms with Gasteiger partial charge in [-0.25, -0.2) is 9.97 Å². The van der Waals surface area contributed by atoms with Crippen molar-refractivity contribution in [1.82, 2.24) is 15.3 Å². The number of aromatic nitrogens is 2. The Bertz CT molecular complexity index is 551. The van der Waals surface area contributed by atoms with Crippen LogP contribution in [0.2, 0.25) is 0 Å². The predicted octanol–water partition coefficient (Wildman–Crippen LogP) is 1.42. The molecule has 2 aliphatic carbocycles. The lowest BCUT2D eigenvalue weighted by Gasteiger charge is -2.21.